The van der Waals surface area contributed by atoms with E-state index < -0.39 is 54.8 Å². The number of hydrogen-bond donors (Lipinski definition) is 3. The molecule has 13 heteroatoms. The van der Waals surface area contributed by atoms with Gasteiger partial charge in [0.25, 0.3) is 0 Å². The molecule has 1 aromatic rings. The van der Waals surface area contributed by atoms with Crippen molar-refractivity contribution in [2.45, 2.75) is 133 Å². The number of carbonyl (C=O) groups is 1. The third-order valence-electron chi connectivity index (χ3n) is 11.6. The van der Waals surface area contributed by atoms with Gasteiger partial charge < -0.3 is 15.3 Å². The van der Waals surface area contributed by atoms with Crippen LogP contribution in [0.2, 0.25) is 0 Å². The molecule has 3 aliphatic carbocycles. The molecular formula is C35H45F9O4. The highest BCUT2D eigenvalue weighted by molar-refractivity contribution is 5.69. The van der Waals surface area contributed by atoms with Crippen LogP contribution < -0.4 is 0 Å². The Morgan fingerprint density at radius 3 is 2.21 bits per heavy atom. The molecule has 1 unspecified atom stereocenters. The summed E-state index contributed by atoms with van der Waals surface area (Å²) in [6, 6.07) is 5.62. The van der Waals surface area contributed by atoms with E-state index >= 15 is 0 Å². The minimum absolute atomic E-state index is 0.119. The number of aliphatic hydroxyl groups excluding tert-OH is 1. The smallest absolute Gasteiger partial charge is 0.460 e. The lowest BCUT2D eigenvalue weighted by atomic mass is 9.52. The molecule has 272 valence electrons. The Hall–Kier alpha value is -2.44. The number of unbranched alkanes of at least 4 members (excludes halogenated alkanes) is 5. The molecule has 48 heavy (non-hydrogen) atoms. The summed E-state index contributed by atoms with van der Waals surface area (Å²) < 4.78 is 118. The molecule has 3 N–H and O–H groups in total. The van der Waals surface area contributed by atoms with Gasteiger partial charge in [0, 0.05) is 6.42 Å². The molecule has 0 amide bonds. The van der Waals surface area contributed by atoms with E-state index in [0.717, 1.165) is 56.1 Å². The molecular weight excluding hydrogens is 655 g/mol. The quantitative estimate of drug-likeness (QED) is 0.0967. The lowest BCUT2D eigenvalue weighted by Gasteiger charge is -2.52. The summed E-state index contributed by atoms with van der Waals surface area (Å²) in [6.07, 6.45) is -2.56. The molecule has 3 aliphatic rings. The maximum absolute atomic E-state index is 13.9. The Balaban J connectivity index is 1.25. The molecule has 1 aromatic carbocycles. The van der Waals surface area contributed by atoms with Crippen LogP contribution in [0.1, 0.15) is 107 Å². The molecule has 2 fully saturated rings. The summed E-state index contributed by atoms with van der Waals surface area (Å²) >= 11 is 0. The Bertz CT molecular complexity index is 1310. The standard InChI is InChI=1S/C35H45F9O4/c1-20-28(46)19-27-29-22(17-23-18-24(45)11-12-25(23)26(29)14-15-31(20,27)2)10-8-6-4-3-5-7-9-21(30(47)48)13-16-32(36,37)33(38,39)34(40,41)35(42,43)44/h11-12,18,21-22,26-29,45-46H,1,3-10,13-17,19H2,2H3,(H,47,48)/t21?,22-,26-,27+,28-,29-,31-/m1/s1. The van der Waals surface area contributed by atoms with Gasteiger partial charge in [0.2, 0.25) is 0 Å². The predicted octanol–water partition coefficient (Wildman–Crippen LogP) is 10.1. The van der Waals surface area contributed by atoms with Crippen molar-refractivity contribution >= 4 is 5.97 Å². The van der Waals surface area contributed by atoms with Crippen LogP contribution in [0.25, 0.3) is 0 Å². The lowest BCUT2D eigenvalue weighted by molar-refractivity contribution is -0.396. The summed E-state index contributed by atoms with van der Waals surface area (Å²) in [5.41, 5.74) is 3.23. The second-order valence-electron chi connectivity index (χ2n) is 14.5. The molecule has 4 nitrogen and oxygen atoms in total. The number of carboxylic acid groups (broad SMARTS) is 1. The number of aliphatic carboxylic acids is 1. The monoisotopic (exact) mass is 700 g/mol. The largest absolute Gasteiger partial charge is 0.508 e. The summed E-state index contributed by atoms with van der Waals surface area (Å²) in [6.45, 7) is 6.47. The maximum atomic E-state index is 13.9. The van der Waals surface area contributed by atoms with Crippen molar-refractivity contribution in [2.24, 2.45) is 29.1 Å². The minimum atomic E-state index is -6.99. The van der Waals surface area contributed by atoms with Gasteiger partial charge >= 0.3 is 29.9 Å². The van der Waals surface area contributed by atoms with E-state index in [2.05, 4.69) is 13.5 Å². The van der Waals surface area contributed by atoms with Gasteiger partial charge in [-0.3, -0.25) is 4.79 Å². The van der Waals surface area contributed by atoms with Gasteiger partial charge in [-0.05, 0) is 103 Å². The van der Waals surface area contributed by atoms with Crippen LogP contribution in [0.5, 0.6) is 5.75 Å². The fourth-order valence-corrected chi connectivity index (χ4v) is 8.80. The first-order valence-electron chi connectivity index (χ1n) is 16.8. The Kier molecular flexibility index (Phi) is 11.2. The molecule has 0 radical (unpaired) electrons. The van der Waals surface area contributed by atoms with Crippen LogP contribution in [0.4, 0.5) is 39.5 Å². The van der Waals surface area contributed by atoms with Gasteiger partial charge in [0.05, 0.1) is 12.0 Å². The van der Waals surface area contributed by atoms with Crippen molar-refractivity contribution in [1.82, 2.24) is 0 Å². The van der Waals surface area contributed by atoms with E-state index in [9.17, 15) is 59.6 Å². The van der Waals surface area contributed by atoms with Crippen LogP contribution in [-0.4, -0.2) is 51.3 Å². The number of aromatic hydroxyl groups is 1. The second kappa shape index (κ2) is 14.1. The average molecular weight is 701 g/mol. The predicted molar refractivity (Wildman–Crippen MR) is 160 cm³/mol. The van der Waals surface area contributed by atoms with Crippen LogP contribution in [-0.2, 0) is 11.2 Å². The normalized spacial score (nSPS) is 28.5. The number of phenols is 1. The van der Waals surface area contributed by atoms with E-state index in [-0.39, 0.29) is 24.0 Å². The van der Waals surface area contributed by atoms with Crippen LogP contribution in [0, 0.1) is 29.1 Å². The fourth-order valence-electron chi connectivity index (χ4n) is 8.80. The number of phenolic OH excluding ortho intramolecular Hbond substituents is 1. The summed E-state index contributed by atoms with van der Waals surface area (Å²) in [4.78, 5) is 11.5. The summed E-state index contributed by atoms with van der Waals surface area (Å²) in [5, 5.41) is 30.2. The van der Waals surface area contributed by atoms with Gasteiger partial charge in [-0.2, -0.15) is 39.5 Å². The van der Waals surface area contributed by atoms with E-state index in [0.29, 0.717) is 42.9 Å². The summed E-state index contributed by atoms with van der Waals surface area (Å²) in [7, 11) is 0. The highest BCUT2D eigenvalue weighted by Gasteiger charge is 2.81. The fraction of sp³-hybridized carbons (Fsp3) is 0.743. The third kappa shape index (κ3) is 7.22. The third-order valence-corrected chi connectivity index (χ3v) is 11.6. The first-order chi connectivity index (χ1) is 22.2. The van der Waals surface area contributed by atoms with Crippen molar-refractivity contribution < 1.29 is 59.6 Å². The van der Waals surface area contributed by atoms with Crippen LogP contribution in [0.15, 0.2) is 30.4 Å². The van der Waals surface area contributed by atoms with Crippen molar-refractivity contribution in [3.63, 3.8) is 0 Å². The number of rotatable bonds is 15. The van der Waals surface area contributed by atoms with Crippen molar-refractivity contribution in [1.29, 1.82) is 0 Å². The first kappa shape index (κ1) is 38.4. The zero-order valence-electron chi connectivity index (χ0n) is 27.0. The Morgan fingerprint density at radius 1 is 0.958 bits per heavy atom. The van der Waals surface area contributed by atoms with Gasteiger partial charge in [0.15, 0.2) is 0 Å². The van der Waals surface area contributed by atoms with Crippen molar-refractivity contribution in [3.05, 3.63) is 41.5 Å². The molecule has 2 saturated carbocycles. The van der Waals surface area contributed by atoms with E-state index in [1.54, 1.807) is 6.07 Å². The van der Waals surface area contributed by atoms with Crippen LogP contribution >= 0.6 is 0 Å². The van der Waals surface area contributed by atoms with Crippen molar-refractivity contribution in [3.8, 4) is 5.75 Å². The minimum Gasteiger partial charge on any atom is -0.508 e. The lowest BCUT2D eigenvalue weighted by Crippen LogP contribution is -2.60. The first-order valence-corrected chi connectivity index (χ1v) is 16.8. The van der Waals surface area contributed by atoms with Gasteiger partial charge in [-0.25, -0.2) is 0 Å². The number of benzene rings is 1. The zero-order valence-corrected chi connectivity index (χ0v) is 27.0. The molecule has 4 rings (SSSR count). The summed E-state index contributed by atoms with van der Waals surface area (Å²) in [5.74, 6) is -21.1. The Morgan fingerprint density at radius 2 is 1.58 bits per heavy atom. The number of alkyl halides is 9. The topological polar surface area (TPSA) is 77.8 Å². The zero-order chi connectivity index (χ0) is 35.9. The highest BCUT2D eigenvalue weighted by Crippen LogP contribution is 2.64. The molecule has 0 spiro atoms. The van der Waals surface area contributed by atoms with E-state index in [1.165, 1.54) is 5.56 Å². The molecule has 0 saturated heterocycles. The Labute approximate surface area is 274 Å². The van der Waals surface area contributed by atoms with E-state index in [1.807, 2.05) is 12.1 Å². The molecule has 0 aromatic heterocycles. The number of aliphatic hydroxyl groups is 1. The number of fused-ring (bicyclic) bond motifs is 5. The molecule has 0 bridgehead atoms. The molecule has 0 heterocycles. The SMILES string of the molecule is C=C1[C@H](O)C[C@H]2[C@@H]3[C@H](CCCCCCCCC(CCC(F)(F)C(F)(F)C(F)(F)C(F)(F)F)C(=O)O)Cc4cc(O)ccc4[C@H]3CC[C@]12C. The van der Waals surface area contributed by atoms with Gasteiger partial charge in [-0.1, -0.05) is 58.1 Å². The number of carboxylic acids is 1. The molecule has 0 aliphatic heterocycles. The van der Waals surface area contributed by atoms with Crippen molar-refractivity contribution in [2.75, 3.05) is 0 Å². The maximum Gasteiger partial charge on any atom is 0.460 e. The van der Waals surface area contributed by atoms with Gasteiger partial charge in [-0.15, -0.1) is 0 Å². The number of hydrogen-bond acceptors (Lipinski definition) is 3. The van der Waals surface area contributed by atoms with E-state index in [4.69, 9.17) is 0 Å². The average Bonchev–Trinajstić information content (AvgIpc) is 3.22. The highest BCUT2D eigenvalue weighted by atomic mass is 19.4. The number of halogens is 9. The second-order valence-corrected chi connectivity index (χ2v) is 14.5. The molecule has 7 atom stereocenters. The van der Waals surface area contributed by atoms with Gasteiger partial charge in [0.1, 0.15) is 5.75 Å². The van der Waals surface area contributed by atoms with Crippen LogP contribution in [0.3, 0.4) is 0 Å².